The summed E-state index contributed by atoms with van der Waals surface area (Å²) in [5, 5.41) is 3.01. The molecule has 0 atom stereocenters. The summed E-state index contributed by atoms with van der Waals surface area (Å²) in [5.74, 6) is 0.215. The highest BCUT2D eigenvalue weighted by atomic mass is 16.2. The molecule has 148 valence electrons. The van der Waals surface area contributed by atoms with E-state index in [1.807, 2.05) is 36.2 Å². The molecule has 1 aliphatic rings. The van der Waals surface area contributed by atoms with Crippen molar-refractivity contribution >= 4 is 11.9 Å². The number of carbonyl (C=O) groups excluding carboxylic acids is 2. The van der Waals surface area contributed by atoms with Gasteiger partial charge in [0, 0.05) is 39.6 Å². The molecule has 0 unspecified atom stereocenters. The van der Waals surface area contributed by atoms with E-state index in [4.69, 9.17) is 0 Å². The number of aryl methyl sites for hydroxylation is 2. The Bertz CT molecular complexity index is 863. The second kappa shape index (κ2) is 8.91. The van der Waals surface area contributed by atoms with Gasteiger partial charge in [-0.05, 0) is 42.5 Å². The van der Waals surface area contributed by atoms with Crippen molar-refractivity contribution in [3.8, 4) is 0 Å². The van der Waals surface area contributed by atoms with Gasteiger partial charge in [-0.15, -0.1) is 0 Å². The largest absolute Gasteiger partial charge is 0.338 e. The van der Waals surface area contributed by atoms with E-state index in [1.54, 1.807) is 4.90 Å². The molecule has 1 aliphatic heterocycles. The molecule has 0 bridgehead atoms. The lowest BCUT2D eigenvalue weighted by molar-refractivity contribution is -0.128. The average molecular weight is 380 g/mol. The lowest BCUT2D eigenvalue weighted by Crippen LogP contribution is -2.36. The summed E-state index contributed by atoms with van der Waals surface area (Å²) in [7, 11) is 1.81. The maximum atomic E-state index is 12.6. The minimum absolute atomic E-state index is 0.105. The number of urea groups is 1. The first-order valence-electron chi connectivity index (χ1n) is 9.83. The predicted molar refractivity (Wildman–Crippen MR) is 111 cm³/mol. The second-order valence-electron chi connectivity index (χ2n) is 7.63. The highest BCUT2D eigenvalue weighted by molar-refractivity contribution is 5.78. The highest BCUT2D eigenvalue weighted by Gasteiger charge is 2.21. The standard InChI is InChI=1S/C23H29N3O2/c1-17-10-11-20(18(2)13-17)15-25(3)23(28)24-14-19-7-4-5-8-21(19)16-26-12-6-9-22(26)27/h4-5,7-8,10-11,13H,6,9,12,14-16H2,1-3H3,(H,24,28). The van der Waals surface area contributed by atoms with Crippen LogP contribution in [-0.4, -0.2) is 35.3 Å². The monoisotopic (exact) mass is 379 g/mol. The number of rotatable bonds is 6. The van der Waals surface area contributed by atoms with Gasteiger partial charge in [0.15, 0.2) is 0 Å². The summed E-state index contributed by atoms with van der Waals surface area (Å²) in [4.78, 5) is 28.1. The third-order valence-electron chi connectivity index (χ3n) is 5.33. The van der Waals surface area contributed by atoms with Crippen LogP contribution in [0.5, 0.6) is 0 Å². The molecule has 3 amide bonds. The van der Waals surface area contributed by atoms with Crippen LogP contribution in [0, 0.1) is 13.8 Å². The number of nitrogens with zero attached hydrogens (tertiary/aromatic N) is 2. The number of hydrogen-bond donors (Lipinski definition) is 1. The van der Waals surface area contributed by atoms with E-state index < -0.39 is 0 Å². The fourth-order valence-electron chi connectivity index (χ4n) is 3.62. The number of amides is 3. The zero-order valence-electron chi connectivity index (χ0n) is 17.0. The lowest BCUT2D eigenvalue weighted by Gasteiger charge is -2.21. The molecule has 1 N–H and O–H groups in total. The molecule has 0 spiro atoms. The van der Waals surface area contributed by atoms with Gasteiger partial charge in [0.05, 0.1) is 0 Å². The second-order valence-corrected chi connectivity index (χ2v) is 7.63. The normalized spacial score (nSPS) is 13.7. The van der Waals surface area contributed by atoms with Crippen molar-refractivity contribution in [2.24, 2.45) is 0 Å². The molecular weight excluding hydrogens is 350 g/mol. The summed E-state index contributed by atoms with van der Waals surface area (Å²) in [5.41, 5.74) is 5.71. The van der Waals surface area contributed by atoms with E-state index in [9.17, 15) is 9.59 Å². The van der Waals surface area contributed by atoms with Gasteiger partial charge in [0.2, 0.25) is 5.91 Å². The third kappa shape index (κ3) is 4.91. The maximum absolute atomic E-state index is 12.6. The molecule has 3 rings (SSSR count). The van der Waals surface area contributed by atoms with E-state index in [0.29, 0.717) is 26.1 Å². The Morgan fingerprint density at radius 2 is 1.86 bits per heavy atom. The summed E-state index contributed by atoms with van der Waals surface area (Å²) in [6, 6.07) is 14.2. The van der Waals surface area contributed by atoms with Crippen LogP contribution in [0.4, 0.5) is 4.79 Å². The minimum Gasteiger partial charge on any atom is -0.338 e. The van der Waals surface area contributed by atoms with Crippen LogP contribution in [0.15, 0.2) is 42.5 Å². The number of nitrogens with one attached hydrogen (secondary N) is 1. The van der Waals surface area contributed by atoms with Crippen LogP contribution in [0.2, 0.25) is 0 Å². The molecule has 1 heterocycles. The first-order valence-corrected chi connectivity index (χ1v) is 9.83. The summed E-state index contributed by atoms with van der Waals surface area (Å²) in [6.45, 7) is 6.60. The van der Waals surface area contributed by atoms with Crippen LogP contribution < -0.4 is 5.32 Å². The fourth-order valence-corrected chi connectivity index (χ4v) is 3.62. The lowest BCUT2D eigenvalue weighted by atomic mass is 10.1. The Labute approximate surface area is 167 Å². The molecule has 2 aromatic carbocycles. The van der Waals surface area contributed by atoms with Gasteiger partial charge in [0.25, 0.3) is 0 Å². The van der Waals surface area contributed by atoms with E-state index in [2.05, 4.69) is 37.4 Å². The van der Waals surface area contributed by atoms with E-state index >= 15 is 0 Å². The summed E-state index contributed by atoms with van der Waals surface area (Å²) < 4.78 is 0. The van der Waals surface area contributed by atoms with Gasteiger partial charge < -0.3 is 15.1 Å². The molecular formula is C23H29N3O2. The van der Waals surface area contributed by atoms with Crippen molar-refractivity contribution < 1.29 is 9.59 Å². The Balaban J connectivity index is 1.59. The number of benzene rings is 2. The van der Waals surface area contributed by atoms with Crippen LogP contribution in [-0.2, 0) is 24.4 Å². The molecule has 0 radical (unpaired) electrons. The molecule has 0 saturated carbocycles. The van der Waals surface area contributed by atoms with Gasteiger partial charge in [-0.2, -0.15) is 0 Å². The predicted octanol–water partition coefficient (Wildman–Crippen LogP) is 3.77. The molecule has 2 aromatic rings. The highest BCUT2D eigenvalue weighted by Crippen LogP contribution is 2.17. The molecule has 1 fully saturated rings. The van der Waals surface area contributed by atoms with E-state index in [0.717, 1.165) is 29.7 Å². The molecule has 1 saturated heterocycles. The van der Waals surface area contributed by atoms with Gasteiger partial charge in [-0.1, -0.05) is 48.0 Å². The quantitative estimate of drug-likeness (QED) is 0.831. The van der Waals surface area contributed by atoms with Gasteiger partial charge >= 0.3 is 6.03 Å². The molecule has 0 aliphatic carbocycles. The smallest absolute Gasteiger partial charge is 0.317 e. The Morgan fingerprint density at radius 3 is 2.54 bits per heavy atom. The number of likely N-dealkylation sites (tertiary alicyclic amines) is 1. The SMILES string of the molecule is Cc1ccc(CN(C)C(=O)NCc2ccccc2CN2CCCC2=O)c(C)c1. The van der Waals surface area contributed by atoms with Crippen molar-refractivity contribution in [2.45, 2.75) is 46.3 Å². The third-order valence-corrected chi connectivity index (χ3v) is 5.33. The average Bonchev–Trinajstić information content (AvgIpc) is 3.07. The summed E-state index contributed by atoms with van der Waals surface area (Å²) in [6.07, 6.45) is 1.57. The Hall–Kier alpha value is -2.82. The maximum Gasteiger partial charge on any atom is 0.317 e. The van der Waals surface area contributed by atoms with Crippen molar-refractivity contribution in [2.75, 3.05) is 13.6 Å². The van der Waals surface area contributed by atoms with Crippen LogP contribution in [0.1, 0.15) is 40.7 Å². The van der Waals surface area contributed by atoms with Crippen molar-refractivity contribution in [3.63, 3.8) is 0 Å². The van der Waals surface area contributed by atoms with Gasteiger partial charge in [-0.25, -0.2) is 4.79 Å². The number of carbonyl (C=O) groups is 2. The van der Waals surface area contributed by atoms with Crippen molar-refractivity contribution in [3.05, 3.63) is 70.3 Å². The van der Waals surface area contributed by atoms with Crippen LogP contribution >= 0.6 is 0 Å². The molecule has 0 aromatic heterocycles. The van der Waals surface area contributed by atoms with Crippen molar-refractivity contribution in [1.82, 2.24) is 15.1 Å². The van der Waals surface area contributed by atoms with E-state index in [-0.39, 0.29) is 11.9 Å². The fraction of sp³-hybridized carbons (Fsp3) is 0.391. The molecule has 5 heteroatoms. The van der Waals surface area contributed by atoms with E-state index in [1.165, 1.54) is 11.1 Å². The zero-order valence-corrected chi connectivity index (χ0v) is 17.0. The zero-order chi connectivity index (χ0) is 20.1. The van der Waals surface area contributed by atoms with Gasteiger partial charge in [-0.3, -0.25) is 4.79 Å². The molecule has 28 heavy (non-hydrogen) atoms. The Kier molecular flexibility index (Phi) is 6.34. The number of hydrogen-bond acceptors (Lipinski definition) is 2. The minimum atomic E-state index is -0.105. The Morgan fingerprint density at radius 1 is 1.11 bits per heavy atom. The first kappa shape index (κ1) is 19.9. The van der Waals surface area contributed by atoms with Crippen molar-refractivity contribution in [1.29, 1.82) is 0 Å². The topological polar surface area (TPSA) is 52.7 Å². The first-order chi connectivity index (χ1) is 13.4. The van der Waals surface area contributed by atoms with Crippen LogP contribution in [0.25, 0.3) is 0 Å². The van der Waals surface area contributed by atoms with Crippen LogP contribution in [0.3, 0.4) is 0 Å². The summed E-state index contributed by atoms with van der Waals surface area (Å²) >= 11 is 0. The molecule has 5 nitrogen and oxygen atoms in total. The van der Waals surface area contributed by atoms with Gasteiger partial charge in [0.1, 0.15) is 0 Å².